The highest BCUT2D eigenvalue weighted by atomic mass is 16.5. The molecule has 0 saturated heterocycles. The first-order chi connectivity index (χ1) is 10.1. The third-order valence-electron chi connectivity index (χ3n) is 3.54. The smallest absolute Gasteiger partial charge is 0.161 e. The van der Waals surface area contributed by atoms with E-state index in [9.17, 15) is 0 Å². The number of nitrogens with zero attached hydrogens (tertiary/aromatic N) is 1. The van der Waals surface area contributed by atoms with Crippen molar-refractivity contribution in [1.29, 1.82) is 0 Å². The number of benzene rings is 1. The summed E-state index contributed by atoms with van der Waals surface area (Å²) in [5.74, 6) is 1.70. The van der Waals surface area contributed by atoms with Gasteiger partial charge < -0.3 is 9.47 Å². The maximum absolute atomic E-state index is 5.93. The van der Waals surface area contributed by atoms with Gasteiger partial charge in [0.25, 0.3) is 0 Å². The van der Waals surface area contributed by atoms with E-state index in [0.717, 1.165) is 37.5 Å². The SMILES string of the molecule is CCCCOc1ccccc1OCCN(C(C)C)C(C)C. The molecule has 0 amide bonds. The summed E-state index contributed by atoms with van der Waals surface area (Å²) in [7, 11) is 0. The van der Waals surface area contributed by atoms with Gasteiger partial charge in [0, 0.05) is 18.6 Å². The molecule has 0 N–H and O–H groups in total. The van der Waals surface area contributed by atoms with Gasteiger partial charge in [-0.05, 0) is 46.2 Å². The standard InChI is InChI=1S/C18H31NO2/c1-6-7-13-20-17-10-8-9-11-18(17)21-14-12-19(15(2)3)16(4)5/h8-11,15-16H,6-7,12-14H2,1-5H3. The first kappa shape index (κ1) is 17.8. The molecule has 0 unspecified atom stereocenters. The second-order valence-corrected chi connectivity index (χ2v) is 5.92. The average Bonchev–Trinajstić information content (AvgIpc) is 2.44. The van der Waals surface area contributed by atoms with Crippen LogP contribution in [0.4, 0.5) is 0 Å². The lowest BCUT2D eigenvalue weighted by Crippen LogP contribution is -2.39. The Balaban J connectivity index is 2.50. The van der Waals surface area contributed by atoms with Crippen molar-refractivity contribution in [3.8, 4) is 11.5 Å². The highest BCUT2D eigenvalue weighted by molar-refractivity contribution is 5.39. The summed E-state index contributed by atoms with van der Waals surface area (Å²) in [6.07, 6.45) is 2.21. The van der Waals surface area contributed by atoms with Crippen molar-refractivity contribution in [2.75, 3.05) is 19.8 Å². The molecule has 0 fully saturated rings. The predicted molar refractivity (Wildman–Crippen MR) is 89.3 cm³/mol. The Morgan fingerprint density at radius 3 is 1.90 bits per heavy atom. The molecule has 3 heteroatoms. The largest absolute Gasteiger partial charge is 0.490 e. The minimum Gasteiger partial charge on any atom is -0.490 e. The van der Waals surface area contributed by atoms with Gasteiger partial charge in [-0.3, -0.25) is 4.90 Å². The average molecular weight is 293 g/mol. The molecule has 0 aliphatic heterocycles. The quantitative estimate of drug-likeness (QED) is 0.598. The molecule has 0 atom stereocenters. The van der Waals surface area contributed by atoms with Crippen molar-refractivity contribution in [2.24, 2.45) is 0 Å². The van der Waals surface area contributed by atoms with Crippen LogP contribution < -0.4 is 9.47 Å². The lowest BCUT2D eigenvalue weighted by Gasteiger charge is -2.30. The van der Waals surface area contributed by atoms with Gasteiger partial charge in [0.1, 0.15) is 6.61 Å². The maximum atomic E-state index is 5.93. The zero-order chi connectivity index (χ0) is 15.7. The molecule has 120 valence electrons. The van der Waals surface area contributed by atoms with E-state index in [1.165, 1.54) is 0 Å². The van der Waals surface area contributed by atoms with Crippen molar-refractivity contribution >= 4 is 0 Å². The molecule has 1 aromatic carbocycles. The summed E-state index contributed by atoms with van der Waals surface area (Å²) in [6.45, 7) is 13.4. The van der Waals surface area contributed by atoms with Gasteiger partial charge >= 0.3 is 0 Å². The van der Waals surface area contributed by atoms with Crippen LogP contribution in [0.15, 0.2) is 24.3 Å². The topological polar surface area (TPSA) is 21.7 Å². The molecule has 0 aromatic heterocycles. The lowest BCUT2D eigenvalue weighted by molar-refractivity contribution is 0.140. The van der Waals surface area contributed by atoms with E-state index in [2.05, 4.69) is 39.5 Å². The summed E-state index contributed by atoms with van der Waals surface area (Å²) in [4.78, 5) is 2.43. The number of para-hydroxylation sites is 2. The molecule has 3 nitrogen and oxygen atoms in total. The molecule has 0 saturated carbocycles. The number of ether oxygens (including phenoxy) is 2. The van der Waals surface area contributed by atoms with E-state index in [0.29, 0.717) is 18.7 Å². The summed E-state index contributed by atoms with van der Waals surface area (Å²) in [5.41, 5.74) is 0. The van der Waals surface area contributed by atoms with Crippen LogP contribution in [-0.4, -0.2) is 36.7 Å². The van der Waals surface area contributed by atoms with Crippen LogP contribution in [0.5, 0.6) is 11.5 Å². The molecule has 0 heterocycles. The van der Waals surface area contributed by atoms with Crippen molar-refractivity contribution in [3.63, 3.8) is 0 Å². The van der Waals surface area contributed by atoms with Crippen molar-refractivity contribution in [3.05, 3.63) is 24.3 Å². The van der Waals surface area contributed by atoms with E-state index in [-0.39, 0.29) is 0 Å². The molecular formula is C18H31NO2. The number of hydrogen-bond donors (Lipinski definition) is 0. The van der Waals surface area contributed by atoms with Crippen LogP contribution in [0.1, 0.15) is 47.5 Å². The molecule has 21 heavy (non-hydrogen) atoms. The van der Waals surface area contributed by atoms with Gasteiger partial charge in [-0.2, -0.15) is 0 Å². The van der Waals surface area contributed by atoms with Gasteiger partial charge in [0.2, 0.25) is 0 Å². The highest BCUT2D eigenvalue weighted by Gasteiger charge is 2.13. The van der Waals surface area contributed by atoms with Crippen molar-refractivity contribution in [2.45, 2.75) is 59.5 Å². The summed E-state index contributed by atoms with van der Waals surface area (Å²) in [5, 5.41) is 0. The zero-order valence-corrected chi connectivity index (χ0v) is 14.3. The van der Waals surface area contributed by atoms with Crippen LogP contribution >= 0.6 is 0 Å². The Bertz CT molecular complexity index is 383. The first-order valence-electron chi connectivity index (χ1n) is 8.16. The molecule has 1 aromatic rings. The molecule has 0 bridgehead atoms. The van der Waals surface area contributed by atoms with Crippen LogP contribution in [0.25, 0.3) is 0 Å². The Kier molecular flexibility index (Phi) is 8.21. The molecule has 0 aliphatic carbocycles. The van der Waals surface area contributed by atoms with Crippen LogP contribution in [0, 0.1) is 0 Å². The fourth-order valence-electron chi connectivity index (χ4n) is 2.39. The number of unbranched alkanes of at least 4 members (excludes halogenated alkanes) is 1. The van der Waals surface area contributed by atoms with Crippen LogP contribution in [0.2, 0.25) is 0 Å². The van der Waals surface area contributed by atoms with E-state index in [4.69, 9.17) is 9.47 Å². The summed E-state index contributed by atoms with van der Waals surface area (Å²) in [6, 6.07) is 9.01. The Hall–Kier alpha value is -1.22. The van der Waals surface area contributed by atoms with Gasteiger partial charge in [0.15, 0.2) is 11.5 Å². The van der Waals surface area contributed by atoms with Gasteiger partial charge in [-0.1, -0.05) is 25.5 Å². The third-order valence-corrected chi connectivity index (χ3v) is 3.54. The molecule has 1 rings (SSSR count). The van der Waals surface area contributed by atoms with E-state index in [1.807, 2.05) is 24.3 Å². The Morgan fingerprint density at radius 1 is 0.905 bits per heavy atom. The third kappa shape index (κ3) is 6.38. The minimum atomic E-state index is 0.532. The van der Waals surface area contributed by atoms with E-state index < -0.39 is 0 Å². The minimum absolute atomic E-state index is 0.532. The van der Waals surface area contributed by atoms with Crippen molar-refractivity contribution < 1.29 is 9.47 Å². The fraction of sp³-hybridized carbons (Fsp3) is 0.667. The van der Waals surface area contributed by atoms with Gasteiger partial charge in [-0.15, -0.1) is 0 Å². The van der Waals surface area contributed by atoms with E-state index >= 15 is 0 Å². The lowest BCUT2D eigenvalue weighted by atomic mass is 10.2. The summed E-state index contributed by atoms with van der Waals surface area (Å²) < 4.78 is 11.7. The zero-order valence-electron chi connectivity index (χ0n) is 14.3. The molecule has 0 spiro atoms. The van der Waals surface area contributed by atoms with Gasteiger partial charge in [-0.25, -0.2) is 0 Å². The molecule has 0 aliphatic rings. The first-order valence-corrected chi connectivity index (χ1v) is 8.16. The van der Waals surface area contributed by atoms with Crippen LogP contribution in [0.3, 0.4) is 0 Å². The maximum Gasteiger partial charge on any atom is 0.161 e. The second-order valence-electron chi connectivity index (χ2n) is 5.92. The van der Waals surface area contributed by atoms with Crippen molar-refractivity contribution in [1.82, 2.24) is 4.90 Å². The Morgan fingerprint density at radius 2 is 1.43 bits per heavy atom. The normalized spacial score (nSPS) is 11.4. The molecule has 0 radical (unpaired) electrons. The molecular weight excluding hydrogens is 262 g/mol. The summed E-state index contributed by atoms with van der Waals surface area (Å²) >= 11 is 0. The fourth-order valence-corrected chi connectivity index (χ4v) is 2.39. The van der Waals surface area contributed by atoms with Crippen LogP contribution in [-0.2, 0) is 0 Å². The monoisotopic (exact) mass is 293 g/mol. The number of hydrogen-bond acceptors (Lipinski definition) is 3. The Labute approximate surface area is 130 Å². The second kappa shape index (κ2) is 9.67. The number of rotatable bonds is 10. The highest BCUT2D eigenvalue weighted by Crippen LogP contribution is 2.26. The van der Waals surface area contributed by atoms with E-state index in [1.54, 1.807) is 0 Å². The predicted octanol–water partition coefficient (Wildman–Crippen LogP) is 4.36. The van der Waals surface area contributed by atoms with Gasteiger partial charge in [0.05, 0.1) is 6.61 Å².